The van der Waals surface area contributed by atoms with Gasteiger partial charge in [0.25, 0.3) is 5.91 Å². The molecule has 0 saturated carbocycles. The summed E-state index contributed by atoms with van der Waals surface area (Å²) in [6.07, 6.45) is -0.00575. The second-order valence-electron chi connectivity index (χ2n) is 6.65. The van der Waals surface area contributed by atoms with Crippen LogP contribution in [-0.2, 0) is 9.59 Å². The lowest BCUT2D eigenvalue weighted by Crippen LogP contribution is -2.50. The van der Waals surface area contributed by atoms with Crippen LogP contribution in [0.1, 0.15) is 45.7 Å². The van der Waals surface area contributed by atoms with E-state index in [4.69, 9.17) is 10.5 Å². The molecular formula is C18H27N3O3. The molecule has 0 saturated heterocycles. The number of hydrogen-bond donors (Lipinski definition) is 2. The second kappa shape index (κ2) is 7.66. The molecule has 1 aromatic carbocycles. The van der Waals surface area contributed by atoms with Crippen molar-refractivity contribution in [3.63, 3.8) is 0 Å². The number of benzene rings is 1. The summed E-state index contributed by atoms with van der Waals surface area (Å²) in [5.74, 6) is 0.606. The van der Waals surface area contributed by atoms with Crippen LogP contribution in [0.25, 0.3) is 0 Å². The third kappa shape index (κ3) is 4.06. The van der Waals surface area contributed by atoms with Gasteiger partial charge in [-0.15, -0.1) is 0 Å². The van der Waals surface area contributed by atoms with Gasteiger partial charge in [-0.1, -0.05) is 26.8 Å². The molecule has 0 spiro atoms. The summed E-state index contributed by atoms with van der Waals surface area (Å²) in [7, 11) is 0. The number of anilines is 1. The molecule has 2 amide bonds. The van der Waals surface area contributed by atoms with Gasteiger partial charge in [0, 0.05) is 12.6 Å². The van der Waals surface area contributed by atoms with Crippen LogP contribution in [0.4, 0.5) is 5.69 Å². The second-order valence-corrected chi connectivity index (χ2v) is 6.65. The predicted octanol–water partition coefficient (Wildman–Crippen LogP) is 1.98. The van der Waals surface area contributed by atoms with Gasteiger partial charge in [0.2, 0.25) is 5.91 Å². The standard InChI is InChI=1S/C18H27N3O3/c1-5-15-18(23)21(10-17(22)20-9-11(2)3)14-8-13(12(4)19)6-7-16(14)24-15/h6-8,11-12,15H,5,9-10,19H2,1-4H3,(H,20,22). The molecule has 6 nitrogen and oxygen atoms in total. The van der Waals surface area contributed by atoms with Gasteiger partial charge in [0.15, 0.2) is 6.10 Å². The summed E-state index contributed by atoms with van der Waals surface area (Å²) in [5, 5.41) is 2.85. The molecule has 0 aromatic heterocycles. The molecule has 132 valence electrons. The summed E-state index contributed by atoms with van der Waals surface area (Å²) in [5.41, 5.74) is 7.45. The minimum atomic E-state index is -0.559. The summed E-state index contributed by atoms with van der Waals surface area (Å²) < 4.78 is 5.77. The van der Waals surface area contributed by atoms with E-state index in [0.29, 0.717) is 30.3 Å². The van der Waals surface area contributed by atoms with E-state index in [1.807, 2.05) is 45.9 Å². The van der Waals surface area contributed by atoms with Crippen LogP contribution in [-0.4, -0.2) is 31.0 Å². The molecule has 1 heterocycles. The fourth-order valence-electron chi connectivity index (χ4n) is 2.56. The van der Waals surface area contributed by atoms with Crippen molar-refractivity contribution in [3.8, 4) is 5.75 Å². The highest BCUT2D eigenvalue weighted by Crippen LogP contribution is 2.36. The van der Waals surface area contributed by atoms with E-state index in [1.165, 1.54) is 4.90 Å². The van der Waals surface area contributed by atoms with Gasteiger partial charge in [-0.05, 0) is 37.0 Å². The fraction of sp³-hybridized carbons (Fsp3) is 0.556. The molecule has 0 aliphatic carbocycles. The van der Waals surface area contributed by atoms with Gasteiger partial charge in [0.05, 0.1) is 5.69 Å². The van der Waals surface area contributed by atoms with Crippen molar-refractivity contribution < 1.29 is 14.3 Å². The van der Waals surface area contributed by atoms with Crippen molar-refractivity contribution in [1.82, 2.24) is 5.32 Å². The van der Waals surface area contributed by atoms with E-state index in [0.717, 1.165) is 5.56 Å². The number of rotatable bonds is 6. The third-order valence-electron chi connectivity index (χ3n) is 3.99. The van der Waals surface area contributed by atoms with E-state index in [2.05, 4.69) is 5.32 Å². The number of fused-ring (bicyclic) bond motifs is 1. The van der Waals surface area contributed by atoms with E-state index >= 15 is 0 Å². The smallest absolute Gasteiger partial charge is 0.268 e. The first-order chi connectivity index (χ1) is 11.3. The Morgan fingerprint density at radius 1 is 1.38 bits per heavy atom. The van der Waals surface area contributed by atoms with Crippen LogP contribution in [0, 0.1) is 5.92 Å². The van der Waals surface area contributed by atoms with Crippen molar-refractivity contribution in [1.29, 1.82) is 0 Å². The quantitative estimate of drug-likeness (QED) is 0.834. The number of nitrogens with zero attached hydrogens (tertiary/aromatic N) is 1. The SMILES string of the molecule is CCC1Oc2ccc(C(C)N)cc2N(CC(=O)NCC(C)C)C1=O. The van der Waals surface area contributed by atoms with Gasteiger partial charge in [-0.25, -0.2) is 0 Å². The van der Waals surface area contributed by atoms with Crippen molar-refractivity contribution in [2.24, 2.45) is 11.7 Å². The van der Waals surface area contributed by atoms with E-state index < -0.39 is 6.10 Å². The summed E-state index contributed by atoms with van der Waals surface area (Å²) in [4.78, 5) is 26.4. The lowest BCUT2D eigenvalue weighted by molar-refractivity contribution is -0.129. The fourth-order valence-corrected chi connectivity index (χ4v) is 2.56. The number of carbonyl (C=O) groups excluding carboxylic acids is 2. The molecule has 1 aliphatic heterocycles. The minimum Gasteiger partial charge on any atom is -0.478 e. The molecular weight excluding hydrogens is 306 g/mol. The van der Waals surface area contributed by atoms with E-state index in [1.54, 1.807) is 0 Å². The summed E-state index contributed by atoms with van der Waals surface area (Å²) >= 11 is 0. The summed E-state index contributed by atoms with van der Waals surface area (Å²) in [6.45, 7) is 8.39. The van der Waals surface area contributed by atoms with Crippen LogP contribution in [0.2, 0.25) is 0 Å². The third-order valence-corrected chi connectivity index (χ3v) is 3.99. The first kappa shape index (κ1) is 18.3. The maximum absolute atomic E-state index is 12.7. The molecule has 0 radical (unpaired) electrons. The Labute approximate surface area is 143 Å². The molecule has 24 heavy (non-hydrogen) atoms. The highest BCUT2D eigenvalue weighted by Gasteiger charge is 2.34. The first-order valence-corrected chi connectivity index (χ1v) is 8.47. The van der Waals surface area contributed by atoms with Crippen molar-refractivity contribution in [3.05, 3.63) is 23.8 Å². The number of carbonyl (C=O) groups is 2. The number of hydrogen-bond acceptors (Lipinski definition) is 4. The molecule has 2 atom stereocenters. The molecule has 3 N–H and O–H groups in total. The average molecular weight is 333 g/mol. The molecule has 6 heteroatoms. The number of ether oxygens (including phenoxy) is 1. The van der Waals surface area contributed by atoms with E-state index in [-0.39, 0.29) is 24.4 Å². The minimum absolute atomic E-state index is 0.0131. The molecule has 1 aliphatic rings. The Morgan fingerprint density at radius 2 is 2.08 bits per heavy atom. The van der Waals surface area contributed by atoms with Gasteiger partial charge in [0.1, 0.15) is 12.3 Å². The number of amides is 2. The maximum Gasteiger partial charge on any atom is 0.268 e. The first-order valence-electron chi connectivity index (χ1n) is 8.47. The Balaban J connectivity index is 2.29. The molecule has 0 fully saturated rings. The lowest BCUT2D eigenvalue weighted by Gasteiger charge is -2.34. The van der Waals surface area contributed by atoms with Crippen LogP contribution in [0.15, 0.2) is 18.2 Å². The largest absolute Gasteiger partial charge is 0.478 e. The van der Waals surface area contributed by atoms with Crippen LogP contribution < -0.4 is 20.7 Å². The van der Waals surface area contributed by atoms with Crippen LogP contribution in [0.5, 0.6) is 5.75 Å². The lowest BCUT2D eigenvalue weighted by atomic mass is 10.0. The van der Waals surface area contributed by atoms with Crippen molar-refractivity contribution in [2.45, 2.75) is 46.3 Å². The Hall–Kier alpha value is -2.08. The average Bonchev–Trinajstić information content (AvgIpc) is 2.54. The van der Waals surface area contributed by atoms with Gasteiger partial charge in [-0.2, -0.15) is 0 Å². The predicted molar refractivity (Wildman–Crippen MR) is 94.0 cm³/mol. The molecule has 2 rings (SSSR count). The molecule has 2 unspecified atom stereocenters. The highest BCUT2D eigenvalue weighted by molar-refractivity contribution is 6.03. The zero-order valence-corrected chi connectivity index (χ0v) is 14.8. The maximum atomic E-state index is 12.7. The number of nitrogens with two attached hydrogens (primary N) is 1. The monoisotopic (exact) mass is 333 g/mol. The van der Waals surface area contributed by atoms with Gasteiger partial charge in [-0.3, -0.25) is 14.5 Å². The zero-order chi connectivity index (χ0) is 17.9. The topological polar surface area (TPSA) is 84.7 Å². The molecule has 0 bridgehead atoms. The molecule has 1 aromatic rings. The highest BCUT2D eigenvalue weighted by atomic mass is 16.5. The number of nitrogens with one attached hydrogen (secondary N) is 1. The van der Waals surface area contributed by atoms with Crippen molar-refractivity contribution >= 4 is 17.5 Å². The Morgan fingerprint density at radius 3 is 2.67 bits per heavy atom. The summed E-state index contributed by atoms with van der Waals surface area (Å²) in [6, 6.07) is 5.39. The van der Waals surface area contributed by atoms with Crippen LogP contribution >= 0.6 is 0 Å². The van der Waals surface area contributed by atoms with E-state index in [9.17, 15) is 9.59 Å². The normalized spacial score (nSPS) is 18.2. The Bertz CT molecular complexity index is 614. The van der Waals surface area contributed by atoms with Crippen molar-refractivity contribution in [2.75, 3.05) is 18.0 Å². The van der Waals surface area contributed by atoms with Gasteiger partial charge >= 0.3 is 0 Å². The zero-order valence-electron chi connectivity index (χ0n) is 14.8. The van der Waals surface area contributed by atoms with Crippen LogP contribution in [0.3, 0.4) is 0 Å². The Kier molecular flexibility index (Phi) is 5.83. The van der Waals surface area contributed by atoms with Gasteiger partial charge < -0.3 is 15.8 Å².